The average molecular weight is 735 g/mol. The lowest BCUT2D eigenvalue weighted by molar-refractivity contribution is -0.302. The van der Waals surface area contributed by atoms with Gasteiger partial charge in [0.2, 0.25) is 0 Å². The van der Waals surface area contributed by atoms with E-state index in [4.69, 9.17) is 18.3 Å². The smallest absolute Gasteiger partial charge is 0.261 e. The minimum Gasteiger partial charge on any atom is -0.413 e. The van der Waals surface area contributed by atoms with Gasteiger partial charge >= 0.3 is 0 Å². The van der Waals surface area contributed by atoms with E-state index in [0.717, 1.165) is 50.1 Å². The lowest BCUT2D eigenvalue weighted by atomic mass is 9.70. The number of hydrogen-bond acceptors (Lipinski definition) is 6. The first-order valence-corrected chi connectivity index (χ1v) is 24.1. The summed E-state index contributed by atoms with van der Waals surface area (Å²) in [5, 5.41) is 2.47. The number of carbonyl (C=O) groups is 2. The fourth-order valence-electron chi connectivity index (χ4n) is 8.86. The van der Waals surface area contributed by atoms with Crippen molar-refractivity contribution in [2.24, 2.45) is 17.8 Å². The molecule has 51 heavy (non-hydrogen) atoms. The number of ketones is 1. The molecule has 8 heteroatoms. The summed E-state index contributed by atoms with van der Waals surface area (Å²) in [4.78, 5) is 25.2. The lowest BCUT2D eigenvalue weighted by Crippen LogP contribution is -2.66. The molecule has 6 nitrogen and oxygen atoms in total. The highest BCUT2D eigenvalue weighted by Crippen LogP contribution is 2.41. The van der Waals surface area contributed by atoms with E-state index in [0.29, 0.717) is 19.4 Å². The van der Waals surface area contributed by atoms with Crippen LogP contribution in [0.15, 0.2) is 72.8 Å². The predicted molar refractivity (Wildman–Crippen MR) is 214 cm³/mol. The summed E-state index contributed by atoms with van der Waals surface area (Å²) in [6.07, 6.45) is 8.84. The maximum absolute atomic E-state index is 13.7. The van der Waals surface area contributed by atoms with E-state index < -0.39 is 22.4 Å². The number of ether oxygens (including phenoxy) is 2. The Kier molecular flexibility index (Phi) is 14.8. The molecule has 2 aromatic carbocycles. The molecular weight excluding hydrogens is 669 g/mol. The number of rotatable bonds is 18. The summed E-state index contributed by atoms with van der Waals surface area (Å²) < 4.78 is 27.4. The van der Waals surface area contributed by atoms with Gasteiger partial charge in [-0.2, -0.15) is 0 Å². The van der Waals surface area contributed by atoms with Crippen molar-refractivity contribution >= 4 is 39.1 Å². The minimum atomic E-state index is -2.65. The van der Waals surface area contributed by atoms with Gasteiger partial charge in [0, 0.05) is 19.4 Å². The number of aldehydes is 1. The van der Waals surface area contributed by atoms with Crippen molar-refractivity contribution in [2.45, 2.75) is 148 Å². The van der Waals surface area contributed by atoms with E-state index in [9.17, 15) is 9.59 Å². The van der Waals surface area contributed by atoms with Crippen molar-refractivity contribution in [3.63, 3.8) is 0 Å². The molecule has 0 N–H and O–H groups in total. The van der Waals surface area contributed by atoms with Crippen LogP contribution in [0.4, 0.5) is 0 Å². The molecule has 1 unspecified atom stereocenters. The van der Waals surface area contributed by atoms with Crippen molar-refractivity contribution in [3.05, 3.63) is 72.8 Å². The standard InChI is InChI=1S/C43H66O6Si2/c1-10-50(11-2,12-3)49-40(24-19-30-44)41-38(33(4)25-28-39(41)45)27-26-34-32-35(48-43(8,9)47-34)29-31-46-51(42(5,6)7,36-20-15-13-16-21-36)37-22-17-14-18-23-37/h13-18,20-23,25,28,30,33-35,38,40-41H,10-12,19,24,26-27,29,31-32H2,1-9H3/t33-,34-,35?,38-,40-,41+/m0/s1. The van der Waals surface area contributed by atoms with Crippen molar-refractivity contribution in [3.8, 4) is 0 Å². The monoisotopic (exact) mass is 734 g/mol. The second-order valence-corrected chi connectivity index (χ2v) is 25.5. The molecule has 0 saturated carbocycles. The highest BCUT2D eigenvalue weighted by Gasteiger charge is 2.50. The zero-order valence-electron chi connectivity index (χ0n) is 33.0. The lowest BCUT2D eigenvalue weighted by Gasteiger charge is -2.45. The van der Waals surface area contributed by atoms with E-state index in [1.54, 1.807) is 6.08 Å². The number of carbonyl (C=O) groups excluding carboxylic acids is 2. The molecular formula is C43H66O6Si2. The van der Waals surface area contributed by atoms with Gasteiger partial charge in [-0.15, -0.1) is 0 Å². The fraction of sp³-hybridized carbons (Fsp3) is 0.628. The molecule has 0 radical (unpaired) electrons. The van der Waals surface area contributed by atoms with Gasteiger partial charge in [0.05, 0.1) is 24.2 Å². The van der Waals surface area contributed by atoms with Crippen LogP contribution in [0, 0.1) is 17.8 Å². The van der Waals surface area contributed by atoms with Crippen molar-refractivity contribution in [1.82, 2.24) is 0 Å². The molecule has 0 amide bonds. The molecule has 2 aromatic rings. The van der Waals surface area contributed by atoms with E-state index in [2.05, 4.69) is 115 Å². The first-order chi connectivity index (χ1) is 24.2. The Labute approximate surface area is 311 Å². The zero-order valence-corrected chi connectivity index (χ0v) is 35.0. The van der Waals surface area contributed by atoms with Crippen LogP contribution in [0.25, 0.3) is 0 Å². The maximum atomic E-state index is 13.7. The summed E-state index contributed by atoms with van der Waals surface area (Å²) >= 11 is 0. The molecule has 1 fully saturated rings. The van der Waals surface area contributed by atoms with E-state index in [1.165, 1.54) is 10.4 Å². The molecule has 0 bridgehead atoms. The highest BCUT2D eigenvalue weighted by molar-refractivity contribution is 6.99. The van der Waals surface area contributed by atoms with Gasteiger partial charge < -0.3 is 23.1 Å². The van der Waals surface area contributed by atoms with Gasteiger partial charge in [0.1, 0.15) is 6.29 Å². The highest BCUT2D eigenvalue weighted by atomic mass is 28.4. The molecule has 282 valence electrons. The minimum absolute atomic E-state index is 0.00482. The van der Waals surface area contributed by atoms with Crippen LogP contribution in [0.1, 0.15) is 101 Å². The zero-order chi connectivity index (χ0) is 37.3. The Morgan fingerprint density at radius 3 is 1.94 bits per heavy atom. The fourth-order valence-corrected chi connectivity index (χ4v) is 16.3. The Balaban J connectivity index is 1.50. The molecule has 2 aliphatic rings. The van der Waals surface area contributed by atoms with Crippen molar-refractivity contribution in [1.29, 1.82) is 0 Å². The van der Waals surface area contributed by atoms with Gasteiger partial charge in [0.15, 0.2) is 19.9 Å². The Bertz CT molecular complexity index is 1350. The van der Waals surface area contributed by atoms with Crippen LogP contribution in [-0.2, 0) is 27.9 Å². The van der Waals surface area contributed by atoms with Crippen molar-refractivity contribution in [2.75, 3.05) is 6.61 Å². The average Bonchev–Trinajstić information content (AvgIpc) is 3.10. The summed E-state index contributed by atoms with van der Waals surface area (Å²) in [6.45, 7) is 20.4. The molecule has 0 aromatic heterocycles. The first kappa shape index (κ1) is 41.5. The Hall–Kier alpha value is -2.21. The van der Waals surface area contributed by atoms with Gasteiger partial charge in [-0.05, 0) is 91.0 Å². The summed E-state index contributed by atoms with van der Waals surface area (Å²) in [5.41, 5.74) is 0. The van der Waals surface area contributed by atoms with Crippen LogP contribution < -0.4 is 10.4 Å². The molecule has 1 aliphatic heterocycles. The van der Waals surface area contributed by atoms with Crippen LogP contribution in [-0.4, -0.2) is 59.4 Å². The number of allylic oxidation sites excluding steroid dienone is 2. The first-order valence-electron chi connectivity index (χ1n) is 19.7. The maximum Gasteiger partial charge on any atom is 0.261 e. The molecule has 4 rings (SSSR count). The van der Waals surface area contributed by atoms with Gasteiger partial charge in [-0.3, -0.25) is 4.79 Å². The molecule has 1 aliphatic carbocycles. The van der Waals surface area contributed by atoms with E-state index in [1.807, 2.05) is 13.8 Å². The third kappa shape index (κ3) is 10.1. The van der Waals surface area contributed by atoms with Gasteiger partial charge in [0.25, 0.3) is 8.32 Å². The number of benzene rings is 2. The topological polar surface area (TPSA) is 71.1 Å². The molecule has 0 spiro atoms. The van der Waals surface area contributed by atoms with Crippen LogP contribution in [0.5, 0.6) is 0 Å². The van der Waals surface area contributed by atoms with Crippen LogP contribution in [0.3, 0.4) is 0 Å². The normalized spacial score (nSPS) is 24.7. The van der Waals surface area contributed by atoms with Crippen LogP contribution in [0.2, 0.25) is 23.2 Å². The van der Waals surface area contributed by atoms with E-state index >= 15 is 0 Å². The third-order valence-electron chi connectivity index (χ3n) is 11.8. The quantitative estimate of drug-likeness (QED) is 0.113. The van der Waals surface area contributed by atoms with Gasteiger partial charge in [-0.1, -0.05) is 115 Å². The summed E-state index contributed by atoms with van der Waals surface area (Å²) in [7, 11) is -4.65. The second-order valence-electron chi connectivity index (χ2n) is 16.4. The summed E-state index contributed by atoms with van der Waals surface area (Å²) in [5.74, 6) is -0.457. The molecule has 1 heterocycles. The SMILES string of the molecule is CC[Si](CC)(CC)O[C@@H](CCC=O)[C@H]1C(=O)C=C[C@H](C)[C@@H]1CC[C@H]1CC(CCO[Si](c2ccccc2)(c2ccccc2)C(C)(C)C)OC(C)(C)O1. The second kappa shape index (κ2) is 18.2. The van der Waals surface area contributed by atoms with E-state index in [-0.39, 0.29) is 46.9 Å². The number of hydrogen-bond donors (Lipinski definition) is 0. The Morgan fingerprint density at radius 2 is 1.43 bits per heavy atom. The van der Waals surface area contributed by atoms with Crippen LogP contribution >= 0.6 is 0 Å². The third-order valence-corrected chi connectivity index (χ3v) is 21.5. The molecule has 6 atom stereocenters. The molecule has 1 saturated heterocycles. The Morgan fingerprint density at radius 1 is 0.882 bits per heavy atom. The van der Waals surface area contributed by atoms with Gasteiger partial charge in [-0.25, -0.2) is 0 Å². The summed E-state index contributed by atoms with van der Waals surface area (Å²) in [6, 6.07) is 24.6. The predicted octanol–water partition coefficient (Wildman–Crippen LogP) is 9.02. The largest absolute Gasteiger partial charge is 0.413 e. The van der Waals surface area contributed by atoms with Crippen molar-refractivity contribution < 1.29 is 27.9 Å².